The van der Waals surface area contributed by atoms with Gasteiger partial charge in [-0.2, -0.15) is 0 Å². The Kier molecular flexibility index (Phi) is 62.4. The van der Waals surface area contributed by atoms with Gasteiger partial charge in [0.1, 0.15) is 23.3 Å². The molecule has 25 heteroatoms. The maximum Gasteiger partial charge on any atom is 0.410 e. The molecule has 0 aromatic heterocycles. The van der Waals surface area contributed by atoms with Crippen molar-refractivity contribution >= 4 is 67.2 Å². The molecule has 5 aliphatic rings. The number of rotatable bonds is 41. The number of aliphatic hydroxyl groups is 1. The molecule has 0 unspecified atom stereocenters. The Balaban J connectivity index is 0.000000252. The van der Waals surface area contributed by atoms with Gasteiger partial charge in [0.25, 0.3) is 0 Å². The van der Waals surface area contributed by atoms with Gasteiger partial charge in [-0.3, -0.25) is 29.3 Å². The third kappa shape index (κ3) is 52.3. The number of aliphatic imine (C=N–C) groups is 1. The molecule has 3 heterocycles. The molecule has 796 valence electrons. The summed E-state index contributed by atoms with van der Waals surface area (Å²) < 4.78 is 76.6. The molecule has 4 fully saturated rings. The molecule has 14 rings (SSSR count). The van der Waals surface area contributed by atoms with Gasteiger partial charge < -0.3 is 57.2 Å². The number of likely N-dealkylation sites (N-methyl/N-ethyl adjacent to an activating group) is 1. The first-order valence-electron chi connectivity index (χ1n) is 52.4. The number of aliphatic hydroxyl groups excluding tert-OH is 1. The van der Waals surface area contributed by atoms with Gasteiger partial charge in [-0.1, -0.05) is 279 Å². The number of nitrogens with zero attached hydrogens (tertiary/aromatic N) is 5. The molecule has 3 aliphatic heterocycles. The smallest absolute Gasteiger partial charge is 0.410 e. The summed E-state index contributed by atoms with van der Waals surface area (Å²) in [6, 6.07) is 89.5. The van der Waals surface area contributed by atoms with E-state index in [1.165, 1.54) is 120 Å². The highest BCUT2D eigenvalue weighted by Gasteiger charge is 2.49. The second-order valence-electron chi connectivity index (χ2n) is 38.1. The van der Waals surface area contributed by atoms with E-state index in [-0.39, 0.29) is 57.3 Å². The van der Waals surface area contributed by atoms with Crippen molar-refractivity contribution < 1.29 is 80.1 Å². The molecule has 0 bridgehead atoms. The third-order valence-electron chi connectivity index (χ3n) is 24.7. The Bertz CT molecular complexity index is 4740. The fraction of sp³-hybridized carbons (Fsp3) is 0.508. The van der Waals surface area contributed by atoms with Crippen LogP contribution in [0.4, 0.5) is 10.5 Å². The molecule has 0 atom stereocenters. The van der Waals surface area contributed by atoms with Gasteiger partial charge in [-0.15, -0.1) is 6.54 Å². The molecule has 2 saturated carbocycles. The molecule has 9 aromatic carbocycles. The summed E-state index contributed by atoms with van der Waals surface area (Å²) in [6.45, 7) is 36.4. The minimum absolute atomic E-state index is 0.000718. The molecule has 2 saturated heterocycles. The first-order chi connectivity index (χ1) is 70.0. The zero-order valence-corrected chi connectivity index (χ0v) is 92.3. The predicted molar refractivity (Wildman–Crippen MR) is 592 cm³/mol. The van der Waals surface area contributed by atoms with Gasteiger partial charge in [0, 0.05) is 72.5 Å². The van der Waals surface area contributed by atoms with Crippen LogP contribution in [-0.4, -0.2) is 233 Å². The van der Waals surface area contributed by atoms with E-state index in [1.54, 1.807) is 34.9 Å². The van der Waals surface area contributed by atoms with E-state index < -0.39 is 27.3 Å². The fourth-order valence-corrected chi connectivity index (χ4v) is 20.6. The number of hydrogen-bond acceptors (Lipinski definition) is 20. The highest BCUT2D eigenvalue weighted by atomic mass is 32.2. The molecule has 22 nitrogen and oxygen atoms in total. The normalized spacial score (nSPS) is 15.2. The van der Waals surface area contributed by atoms with Crippen molar-refractivity contribution in [1.29, 1.82) is 0 Å². The largest absolute Gasteiger partial charge is 0.549 e. The number of carbonyl (C=O) groups is 4. The summed E-state index contributed by atoms with van der Waals surface area (Å²) in [7, 11) is 1.52. The summed E-state index contributed by atoms with van der Waals surface area (Å²) >= 11 is 0. The standard InChI is InChI=1S/C18H35NO3.2C18H15S.C14H11N.C13H27NO5.C13H23NO4.C12H22O3.C9H12.C5H12NO2S/c1-2-3-4-5-6-7-8-9-10-11-18(20)22-17-14-19-12-15-21-16-13-19;2*1-4-10-16(11-5-1)19(17-12-6-2-7-13-17)18-14-8-3-9-15-18;1-2-6-11(7-3-1)14-10-12-8-4-5-9-13(12)15-14;1-15-8-9-18-12-13-19-11-10-17-7-4-14-2-5-16-6-3-14;1-12(2,3)18-11(16)14(4)13(10(15)17-5)8-6-7-9-13;1-4-12(2,3)15-11(14)9-5-7-10(13)8-6-9;1-7-4-5-8(2)9(3)6-7;1-3-4-5-6-9(2,7)8/h2-17H2,1H3;2*1-15H;1-9H,10H2;2-13H2,1H3;6-9H2,1-5H3;9-10,13H,4-8H2,1-3H3;4-6H,1-3H3;3-5H2,1-2H3/q;2*+1;;;;;;-1. The van der Waals surface area contributed by atoms with Gasteiger partial charge in [0.2, 0.25) is 0 Å². The third-order valence-corrected chi connectivity index (χ3v) is 29.9. The molecule has 9 aromatic rings. The van der Waals surface area contributed by atoms with Gasteiger partial charge in [-0.05, 0) is 208 Å². The molecular weight excluding hydrogens is 1880 g/mol. The SMILES string of the molecule is CCC(C)(C)OC(=O)C1CCC(O)CC1.CCCCCCCCCCCC(=O)OCCN1CCOCC1.CCCC[N-]S(C)(=O)=O.COC(=O)C1(N(C)C(=O)OC(C)(C)C)CCCC1.COCCOCCOCCOCCN1CCOCC1.Cc1ccc(C)c(C)c1.c1ccc(C2=Nc3ccccc3C2)cc1.c1ccc([S+](c2ccccc2)c2ccccc2)cc1.c1ccc([S+](c2ccccc2)c2ccccc2)cc1. The van der Waals surface area contributed by atoms with E-state index in [4.69, 9.17) is 47.4 Å². The van der Waals surface area contributed by atoms with Crippen LogP contribution in [0.15, 0.2) is 289 Å². The Morgan fingerprint density at radius 2 is 0.903 bits per heavy atom. The summed E-state index contributed by atoms with van der Waals surface area (Å²) in [6.07, 6.45) is 22.2. The molecule has 2 aliphatic carbocycles. The number of morpholine rings is 2. The number of benzene rings is 9. The molecular formula is C120H172N5O17S3+. The summed E-state index contributed by atoms with van der Waals surface area (Å²) in [5.74, 6) is -0.475. The number of unbranched alkanes of at least 4 members (excludes halogenated alkanes) is 9. The number of esters is 3. The maximum absolute atomic E-state index is 12.1. The summed E-state index contributed by atoms with van der Waals surface area (Å²) in [5.41, 5.74) is 7.19. The Labute approximate surface area is 876 Å². The molecule has 1 amide bonds. The lowest BCUT2D eigenvalue weighted by Gasteiger charge is -2.36. The van der Waals surface area contributed by atoms with E-state index in [0.29, 0.717) is 72.1 Å². The van der Waals surface area contributed by atoms with Gasteiger partial charge >= 0.3 is 24.0 Å². The zero-order valence-electron chi connectivity index (χ0n) is 89.8. The van der Waals surface area contributed by atoms with Crippen molar-refractivity contribution in [2.75, 3.05) is 153 Å². The lowest BCUT2D eigenvalue weighted by Crippen LogP contribution is -2.55. The Hall–Kier alpha value is -9.42. The topological polar surface area (TPSA) is 251 Å². The monoisotopic (exact) mass is 2050 g/mol. The van der Waals surface area contributed by atoms with Crippen molar-refractivity contribution in [1.82, 2.24) is 14.7 Å². The maximum atomic E-state index is 12.1. The van der Waals surface area contributed by atoms with Gasteiger partial charge in [0.15, 0.2) is 29.4 Å². The first kappa shape index (κ1) is 124. The zero-order chi connectivity index (χ0) is 105. The quantitative estimate of drug-likeness (QED) is 0.0162. The van der Waals surface area contributed by atoms with Crippen molar-refractivity contribution in [3.8, 4) is 0 Å². The van der Waals surface area contributed by atoms with Crippen LogP contribution in [0.1, 0.15) is 218 Å². The number of methoxy groups -OCH3 is 2. The van der Waals surface area contributed by atoms with E-state index in [1.807, 2.05) is 39.8 Å². The minimum Gasteiger partial charge on any atom is -0.549 e. The predicted octanol–water partition coefficient (Wildman–Crippen LogP) is 25.1. The first-order valence-corrected chi connectivity index (χ1v) is 56.7. The number of para-hydroxylation sites is 1. The lowest BCUT2D eigenvalue weighted by molar-refractivity contribution is -0.163. The van der Waals surface area contributed by atoms with Crippen LogP contribution in [0.25, 0.3) is 4.72 Å². The molecule has 0 radical (unpaired) electrons. The summed E-state index contributed by atoms with van der Waals surface area (Å²) in [4.78, 5) is 66.3. The van der Waals surface area contributed by atoms with Crippen LogP contribution in [0, 0.1) is 26.7 Å². The Morgan fingerprint density at radius 1 is 0.497 bits per heavy atom. The number of amides is 1. The van der Waals surface area contributed by atoms with Crippen LogP contribution >= 0.6 is 0 Å². The number of fused-ring (bicyclic) bond motifs is 1. The fourth-order valence-electron chi connectivity index (χ4n) is 15.9. The number of ether oxygens (including phenoxy) is 10. The van der Waals surface area contributed by atoms with Crippen molar-refractivity contribution in [3.05, 3.63) is 287 Å². The second-order valence-corrected chi connectivity index (χ2v) is 43.9. The van der Waals surface area contributed by atoms with E-state index in [2.05, 4.69) is 290 Å². The van der Waals surface area contributed by atoms with Crippen LogP contribution in [0.5, 0.6) is 0 Å². The number of sulfonamides is 1. The minimum atomic E-state index is -3.07. The van der Waals surface area contributed by atoms with Crippen molar-refractivity contribution in [2.24, 2.45) is 10.9 Å². The van der Waals surface area contributed by atoms with Gasteiger partial charge in [0.05, 0.1) is 135 Å². The Morgan fingerprint density at radius 3 is 1.30 bits per heavy atom. The van der Waals surface area contributed by atoms with Crippen molar-refractivity contribution in [3.63, 3.8) is 0 Å². The number of carbonyl (C=O) groups excluding carboxylic acids is 4. The number of hydrogen-bond donors (Lipinski definition) is 1. The molecule has 145 heavy (non-hydrogen) atoms. The lowest BCUT2D eigenvalue weighted by atomic mass is 9.87. The van der Waals surface area contributed by atoms with Crippen LogP contribution in [-0.2, 0) is 100.0 Å². The average molecular weight is 2050 g/mol. The second kappa shape index (κ2) is 72.8. The molecule has 0 spiro atoms. The molecule has 1 N–H and O–H groups in total. The van der Waals surface area contributed by atoms with Gasteiger partial charge in [-0.25, -0.2) is 18.0 Å². The van der Waals surface area contributed by atoms with Crippen LogP contribution in [0.3, 0.4) is 0 Å². The van der Waals surface area contributed by atoms with E-state index in [9.17, 15) is 32.7 Å². The number of aryl methyl sites for hydroxylation is 3. The van der Waals surface area contributed by atoms with Crippen LogP contribution < -0.4 is 0 Å². The highest BCUT2D eigenvalue weighted by Crippen LogP contribution is 2.38. The average Bonchev–Trinajstić information content (AvgIpc) is 1.67. The van der Waals surface area contributed by atoms with Crippen molar-refractivity contribution in [2.45, 2.75) is 270 Å². The summed E-state index contributed by atoms with van der Waals surface area (Å²) in [5, 5.41) is 9.34. The highest BCUT2D eigenvalue weighted by molar-refractivity contribution is 7.97. The van der Waals surface area contributed by atoms with Crippen LogP contribution in [0.2, 0.25) is 0 Å². The van der Waals surface area contributed by atoms with E-state index in [0.717, 1.165) is 161 Å². The van der Waals surface area contributed by atoms with E-state index >= 15 is 0 Å².